The molecular weight excluding hydrogens is 302 g/mol. The molecule has 1 aliphatic heterocycles. The Hall–Kier alpha value is -1.88. The van der Waals surface area contributed by atoms with E-state index in [1.54, 1.807) is 4.90 Å². The first-order valence-electron chi connectivity index (χ1n) is 8.99. The molecule has 5 heteroatoms. The van der Waals surface area contributed by atoms with Crippen molar-refractivity contribution in [3.63, 3.8) is 0 Å². The number of nitrogens with one attached hydrogen (secondary N) is 1. The maximum Gasteiger partial charge on any atom is 0.249 e. The number of nitrogens with two attached hydrogens (primary N) is 1. The van der Waals surface area contributed by atoms with Crippen LogP contribution in [0.25, 0.3) is 0 Å². The zero-order chi connectivity index (χ0) is 17.4. The number of piperidine rings is 1. The number of benzene rings is 1. The minimum Gasteiger partial charge on any atom is -0.344 e. The molecule has 1 aliphatic rings. The number of anilines is 1. The number of hydrogen-bond donors (Lipinski definition) is 2. The molecule has 2 rings (SSSR count). The van der Waals surface area contributed by atoms with E-state index < -0.39 is 6.04 Å². The number of carbonyl (C=O) groups excluding carboxylic acids is 2. The normalized spacial score (nSPS) is 17.8. The van der Waals surface area contributed by atoms with Gasteiger partial charge in [0.25, 0.3) is 0 Å². The maximum atomic E-state index is 12.7. The molecule has 1 unspecified atom stereocenters. The molecule has 3 N–H and O–H groups in total. The van der Waals surface area contributed by atoms with Crippen molar-refractivity contribution in [3.8, 4) is 0 Å². The molecule has 1 fully saturated rings. The van der Waals surface area contributed by atoms with Crippen molar-refractivity contribution in [1.29, 1.82) is 0 Å². The lowest BCUT2D eigenvalue weighted by molar-refractivity contribution is -0.128. The molecule has 1 saturated heterocycles. The van der Waals surface area contributed by atoms with Gasteiger partial charge >= 0.3 is 0 Å². The summed E-state index contributed by atoms with van der Waals surface area (Å²) in [6.45, 7) is 3.45. The van der Waals surface area contributed by atoms with Crippen molar-refractivity contribution in [3.05, 3.63) is 29.8 Å². The third kappa shape index (κ3) is 5.34. The molecule has 1 aromatic carbocycles. The van der Waals surface area contributed by atoms with Gasteiger partial charge in [-0.15, -0.1) is 0 Å². The zero-order valence-corrected chi connectivity index (χ0v) is 14.6. The van der Waals surface area contributed by atoms with Gasteiger partial charge in [0.1, 0.15) is 6.04 Å². The number of amides is 2. The lowest BCUT2D eigenvalue weighted by Gasteiger charge is -2.32. The van der Waals surface area contributed by atoms with E-state index in [4.69, 9.17) is 5.73 Å². The van der Waals surface area contributed by atoms with Crippen molar-refractivity contribution in [2.45, 2.75) is 57.9 Å². The highest BCUT2D eigenvalue weighted by molar-refractivity contribution is 5.99. The molecule has 0 saturated carbocycles. The van der Waals surface area contributed by atoms with Crippen molar-refractivity contribution in [2.24, 2.45) is 5.73 Å². The molecule has 0 spiro atoms. The lowest BCUT2D eigenvalue weighted by atomic mass is 10.0. The van der Waals surface area contributed by atoms with Crippen molar-refractivity contribution >= 4 is 17.5 Å². The summed E-state index contributed by atoms with van der Waals surface area (Å²) in [4.78, 5) is 26.5. The second kappa shape index (κ2) is 9.42. The quantitative estimate of drug-likeness (QED) is 0.719. The Balaban J connectivity index is 1.83. The highest BCUT2D eigenvalue weighted by Crippen LogP contribution is 2.21. The summed E-state index contributed by atoms with van der Waals surface area (Å²) in [7, 11) is 0. The fourth-order valence-electron chi connectivity index (χ4n) is 3.04. The maximum absolute atomic E-state index is 12.7. The van der Waals surface area contributed by atoms with E-state index in [1.165, 1.54) is 5.56 Å². The van der Waals surface area contributed by atoms with Crippen LogP contribution in [0.15, 0.2) is 24.3 Å². The van der Waals surface area contributed by atoms with E-state index in [0.717, 1.165) is 44.2 Å². The molecule has 1 heterocycles. The summed E-state index contributed by atoms with van der Waals surface area (Å²) in [5.74, 6) is -0.0200. The first kappa shape index (κ1) is 18.5. The summed E-state index contributed by atoms with van der Waals surface area (Å²) in [6, 6.07) is 7.55. The Morgan fingerprint density at radius 2 is 1.92 bits per heavy atom. The third-order valence-electron chi connectivity index (χ3n) is 4.48. The van der Waals surface area contributed by atoms with Gasteiger partial charge in [-0.05, 0) is 51.3 Å². The van der Waals surface area contributed by atoms with Crippen LogP contribution in [-0.2, 0) is 9.59 Å². The number of rotatable bonds is 8. The van der Waals surface area contributed by atoms with Crippen LogP contribution in [-0.4, -0.2) is 30.9 Å². The van der Waals surface area contributed by atoms with Crippen molar-refractivity contribution in [1.82, 2.24) is 5.32 Å². The molecule has 1 aromatic rings. The van der Waals surface area contributed by atoms with Crippen LogP contribution in [0.5, 0.6) is 0 Å². The van der Waals surface area contributed by atoms with Gasteiger partial charge in [0.15, 0.2) is 0 Å². The first-order chi connectivity index (χ1) is 11.6. The molecule has 1 atom stereocenters. The molecule has 0 radical (unpaired) electrons. The Bertz CT molecular complexity index is 542. The van der Waals surface area contributed by atoms with Crippen molar-refractivity contribution < 1.29 is 9.59 Å². The standard InChI is InChI=1S/C19H29N3O2/c1-15-9-11-16(12-10-15)22-14-6-7-17(19(22)24)21-18(23)8-4-2-3-5-13-20/h9-12,17H,2-8,13-14,20H2,1H3,(H,21,23). The summed E-state index contributed by atoms with van der Waals surface area (Å²) in [6.07, 6.45) is 6.05. The summed E-state index contributed by atoms with van der Waals surface area (Å²) in [5.41, 5.74) is 7.54. The zero-order valence-electron chi connectivity index (χ0n) is 14.6. The van der Waals surface area contributed by atoms with Gasteiger partial charge in [0, 0.05) is 18.7 Å². The predicted octanol–water partition coefficient (Wildman–Crippen LogP) is 2.52. The van der Waals surface area contributed by atoms with Gasteiger partial charge in [0.05, 0.1) is 0 Å². The van der Waals surface area contributed by atoms with Crippen LogP contribution in [0.2, 0.25) is 0 Å². The van der Waals surface area contributed by atoms with Crippen LogP contribution >= 0.6 is 0 Å². The third-order valence-corrected chi connectivity index (χ3v) is 4.48. The monoisotopic (exact) mass is 331 g/mol. The topological polar surface area (TPSA) is 75.4 Å². The predicted molar refractivity (Wildman–Crippen MR) is 96.8 cm³/mol. The Kier molecular flexibility index (Phi) is 7.25. The van der Waals surface area contributed by atoms with E-state index in [0.29, 0.717) is 19.5 Å². The molecular formula is C19H29N3O2. The first-order valence-corrected chi connectivity index (χ1v) is 8.99. The molecule has 132 valence electrons. The summed E-state index contributed by atoms with van der Waals surface area (Å²) >= 11 is 0. The summed E-state index contributed by atoms with van der Waals surface area (Å²) in [5, 5.41) is 2.92. The second-order valence-corrected chi connectivity index (χ2v) is 6.54. The Morgan fingerprint density at radius 1 is 1.21 bits per heavy atom. The van der Waals surface area contributed by atoms with E-state index in [1.807, 2.05) is 31.2 Å². The van der Waals surface area contributed by atoms with Crippen LogP contribution < -0.4 is 16.0 Å². The number of nitrogens with zero attached hydrogens (tertiary/aromatic N) is 1. The van der Waals surface area contributed by atoms with Crippen LogP contribution in [0, 0.1) is 6.92 Å². The van der Waals surface area contributed by atoms with E-state index in [-0.39, 0.29) is 11.8 Å². The minimum absolute atomic E-state index is 0.00147. The van der Waals surface area contributed by atoms with Gasteiger partial charge in [-0.1, -0.05) is 30.5 Å². The van der Waals surface area contributed by atoms with Gasteiger partial charge < -0.3 is 16.0 Å². The molecule has 5 nitrogen and oxygen atoms in total. The number of aryl methyl sites for hydroxylation is 1. The van der Waals surface area contributed by atoms with Crippen molar-refractivity contribution in [2.75, 3.05) is 18.0 Å². The number of carbonyl (C=O) groups is 2. The van der Waals surface area contributed by atoms with Gasteiger partial charge in [-0.2, -0.15) is 0 Å². The van der Waals surface area contributed by atoms with Gasteiger partial charge in [0.2, 0.25) is 11.8 Å². The smallest absolute Gasteiger partial charge is 0.249 e. The lowest BCUT2D eigenvalue weighted by Crippen LogP contribution is -2.52. The molecule has 0 aliphatic carbocycles. The number of hydrogen-bond acceptors (Lipinski definition) is 3. The Morgan fingerprint density at radius 3 is 2.62 bits per heavy atom. The van der Waals surface area contributed by atoms with E-state index in [9.17, 15) is 9.59 Å². The minimum atomic E-state index is -0.392. The largest absolute Gasteiger partial charge is 0.344 e. The van der Waals surface area contributed by atoms with Gasteiger partial charge in [-0.3, -0.25) is 9.59 Å². The van der Waals surface area contributed by atoms with E-state index in [2.05, 4.69) is 5.32 Å². The fourth-order valence-corrected chi connectivity index (χ4v) is 3.04. The summed E-state index contributed by atoms with van der Waals surface area (Å²) < 4.78 is 0. The Labute approximate surface area is 144 Å². The van der Waals surface area contributed by atoms with Crippen LogP contribution in [0.3, 0.4) is 0 Å². The molecule has 2 amide bonds. The SMILES string of the molecule is Cc1ccc(N2CCCC(NC(=O)CCCCCCN)C2=O)cc1. The van der Waals surface area contributed by atoms with Gasteiger partial charge in [-0.25, -0.2) is 0 Å². The van der Waals surface area contributed by atoms with Crippen LogP contribution in [0.4, 0.5) is 5.69 Å². The molecule has 0 bridgehead atoms. The fraction of sp³-hybridized carbons (Fsp3) is 0.579. The highest BCUT2D eigenvalue weighted by Gasteiger charge is 2.30. The average Bonchev–Trinajstić information content (AvgIpc) is 2.57. The molecule has 0 aromatic heterocycles. The highest BCUT2D eigenvalue weighted by atomic mass is 16.2. The average molecular weight is 331 g/mol. The second-order valence-electron chi connectivity index (χ2n) is 6.54. The number of unbranched alkanes of at least 4 members (excludes halogenated alkanes) is 3. The molecule has 24 heavy (non-hydrogen) atoms. The van der Waals surface area contributed by atoms with Crippen LogP contribution in [0.1, 0.15) is 50.5 Å². The van der Waals surface area contributed by atoms with E-state index >= 15 is 0 Å².